The Hall–Kier alpha value is -2.62. The third-order valence-electron chi connectivity index (χ3n) is 3.42. The molecule has 1 aromatic heterocycles. The van der Waals surface area contributed by atoms with Gasteiger partial charge in [0.2, 0.25) is 0 Å². The predicted molar refractivity (Wildman–Crippen MR) is 79.8 cm³/mol. The van der Waals surface area contributed by atoms with Gasteiger partial charge in [0.1, 0.15) is 5.75 Å². The van der Waals surface area contributed by atoms with Crippen molar-refractivity contribution in [1.29, 1.82) is 0 Å². The van der Waals surface area contributed by atoms with Gasteiger partial charge in [-0.15, -0.1) is 0 Å². The molecule has 0 atom stereocenters. The first-order valence-corrected chi connectivity index (χ1v) is 6.74. The van der Waals surface area contributed by atoms with Crippen LogP contribution in [-0.4, -0.2) is 24.7 Å². The van der Waals surface area contributed by atoms with E-state index in [1.54, 1.807) is 24.5 Å². The van der Waals surface area contributed by atoms with Crippen LogP contribution in [0.25, 0.3) is 11.6 Å². The van der Waals surface area contributed by atoms with Gasteiger partial charge in [0.15, 0.2) is 0 Å². The van der Waals surface area contributed by atoms with E-state index in [2.05, 4.69) is 4.98 Å². The maximum Gasteiger partial charge on any atom is 0.338 e. The van der Waals surface area contributed by atoms with E-state index in [1.807, 2.05) is 24.3 Å². The highest BCUT2D eigenvalue weighted by Crippen LogP contribution is 2.28. The summed E-state index contributed by atoms with van der Waals surface area (Å²) < 4.78 is 10.4. The first kappa shape index (κ1) is 13.4. The lowest BCUT2D eigenvalue weighted by atomic mass is 10.0. The van der Waals surface area contributed by atoms with E-state index in [1.165, 1.54) is 12.7 Å². The fraction of sp³-hybridized carbons (Fsp3) is 0.176. The average Bonchev–Trinajstić information content (AvgIpc) is 3.00. The third-order valence-corrected chi connectivity index (χ3v) is 3.42. The second-order valence-electron chi connectivity index (χ2n) is 4.75. The Morgan fingerprint density at radius 2 is 2.10 bits per heavy atom. The number of fused-ring (bicyclic) bond motifs is 1. The number of methoxy groups -OCH3 is 1. The van der Waals surface area contributed by atoms with Crippen molar-refractivity contribution in [3.05, 3.63) is 59.4 Å². The summed E-state index contributed by atoms with van der Waals surface area (Å²) in [5.74, 6) is 0.564. The van der Waals surface area contributed by atoms with Crippen molar-refractivity contribution in [1.82, 2.24) is 4.98 Å². The lowest BCUT2D eigenvalue weighted by molar-refractivity contribution is -0.133. The molecule has 1 aliphatic heterocycles. The van der Waals surface area contributed by atoms with Crippen LogP contribution in [0.2, 0.25) is 0 Å². The van der Waals surface area contributed by atoms with Crippen LogP contribution >= 0.6 is 0 Å². The number of esters is 1. The van der Waals surface area contributed by atoms with Crippen molar-refractivity contribution >= 4 is 17.6 Å². The minimum absolute atomic E-state index is 0.363. The Balaban J connectivity index is 2.02. The van der Waals surface area contributed by atoms with Crippen LogP contribution in [0, 0.1) is 0 Å². The largest absolute Gasteiger partial charge is 0.493 e. The summed E-state index contributed by atoms with van der Waals surface area (Å²) in [6.07, 6.45) is 6.05. The number of ether oxygens (including phenoxy) is 2. The van der Waals surface area contributed by atoms with E-state index in [0.717, 1.165) is 29.9 Å². The molecular weight excluding hydrogens is 266 g/mol. The van der Waals surface area contributed by atoms with E-state index in [9.17, 15) is 4.79 Å². The van der Waals surface area contributed by atoms with Crippen molar-refractivity contribution in [2.24, 2.45) is 0 Å². The van der Waals surface area contributed by atoms with Gasteiger partial charge in [-0.05, 0) is 47.0 Å². The summed E-state index contributed by atoms with van der Waals surface area (Å²) in [5, 5.41) is 0. The molecule has 0 amide bonds. The molecule has 4 nitrogen and oxygen atoms in total. The maximum atomic E-state index is 12.0. The first-order valence-electron chi connectivity index (χ1n) is 6.74. The molecule has 0 radical (unpaired) electrons. The minimum Gasteiger partial charge on any atom is -0.493 e. The molecule has 21 heavy (non-hydrogen) atoms. The Morgan fingerprint density at radius 3 is 2.86 bits per heavy atom. The molecule has 1 aliphatic rings. The fourth-order valence-corrected chi connectivity index (χ4v) is 2.36. The lowest BCUT2D eigenvalue weighted by Crippen LogP contribution is -2.04. The van der Waals surface area contributed by atoms with Gasteiger partial charge in [-0.2, -0.15) is 0 Å². The molecule has 106 valence electrons. The van der Waals surface area contributed by atoms with Gasteiger partial charge in [0.25, 0.3) is 0 Å². The number of pyridine rings is 1. The van der Waals surface area contributed by atoms with Gasteiger partial charge in [0.05, 0.1) is 19.3 Å². The van der Waals surface area contributed by atoms with Crippen LogP contribution in [-0.2, 0) is 16.0 Å². The molecule has 2 aromatic rings. The van der Waals surface area contributed by atoms with E-state index in [0.29, 0.717) is 5.57 Å². The number of carbonyl (C=O) groups is 1. The molecule has 0 aliphatic carbocycles. The summed E-state index contributed by atoms with van der Waals surface area (Å²) in [7, 11) is 1.38. The van der Waals surface area contributed by atoms with Gasteiger partial charge >= 0.3 is 5.97 Å². The van der Waals surface area contributed by atoms with Crippen molar-refractivity contribution in [3.63, 3.8) is 0 Å². The Bertz CT molecular complexity index is 692. The van der Waals surface area contributed by atoms with E-state index in [-0.39, 0.29) is 5.97 Å². The zero-order valence-electron chi connectivity index (χ0n) is 11.7. The molecular formula is C17H15NO3. The van der Waals surface area contributed by atoms with Crippen molar-refractivity contribution < 1.29 is 14.3 Å². The van der Waals surface area contributed by atoms with E-state index in [4.69, 9.17) is 9.47 Å². The summed E-state index contributed by atoms with van der Waals surface area (Å²) in [5.41, 5.74) is 3.42. The second-order valence-corrected chi connectivity index (χ2v) is 4.75. The number of hydrogen-bond acceptors (Lipinski definition) is 4. The predicted octanol–water partition coefficient (Wildman–Crippen LogP) is 2.73. The second kappa shape index (κ2) is 5.79. The molecule has 0 saturated heterocycles. The number of nitrogens with zero attached hydrogens (tertiary/aromatic N) is 1. The zero-order chi connectivity index (χ0) is 14.7. The van der Waals surface area contributed by atoms with Crippen molar-refractivity contribution in [3.8, 4) is 5.75 Å². The fourth-order valence-electron chi connectivity index (χ4n) is 2.36. The third kappa shape index (κ3) is 2.79. The standard InChI is InChI=1S/C17H15NO3/c1-20-17(19)15(13-4-7-18-8-5-13)11-12-2-3-16-14(10-12)6-9-21-16/h2-5,7-8,10-11H,6,9H2,1H3/b15-11-. The first-order chi connectivity index (χ1) is 10.3. The van der Waals surface area contributed by atoms with Crippen molar-refractivity contribution in [2.45, 2.75) is 6.42 Å². The van der Waals surface area contributed by atoms with E-state index < -0.39 is 0 Å². The molecule has 1 aromatic carbocycles. The van der Waals surface area contributed by atoms with Crippen LogP contribution in [0.4, 0.5) is 0 Å². The summed E-state index contributed by atoms with van der Waals surface area (Å²) in [6.45, 7) is 0.719. The molecule has 0 unspecified atom stereocenters. The Labute approximate surface area is 123 Å². The van der Waals surface area contributed by atoms with Crippen molar-refractivity contribution in [2.75, 3.05) is 13.7 Å². The molecule has 0 N–H and O–H groups in total. The quantitative estimate of drug-likeness (QED) is 0.641. The summed E-state index contributed by atoms with van der Waals surface area (Å²) in [6, 6.07) is 9.51. The Kier molecular flexibility index (Phi) is 3.69. The molecule has 4 heteroatoms. The molecule has 0 saturated carbocycles. The molecule has 0 bridgehead atoms. The van der Waals surface area contributed by atoms with Crippen LogP contribution in [0.3, 0.4) is 0 Å². The van der Waals surface area contributed by atoms with Gasteiger partial charge in [0, 0.05) is 18.8 Å². The van der Waals surface area contributed by atoms with Crippen LogP contribution < -0.4 is 4.74 Å². The molecule has 0 spiro atoms. The highest BCUT2D eigenvalue weighted by molar-refractivity contribution is 6.21. The number of aromatic nitrogens is 1. The SMILES string of the molecule is COC(=O)/C(=C\c1ccc2c(c1)CCO2)c1ccncc1. The van der Waals surface area contributed by atoms with Gasteiger partial charge in [-0.3, -0.25) is 4.98 Å². The highest BCUT2D eigenvalue weighted by Gasteiger charge is 2.15. The number of rotatable bonds is 3. The maximum absolute atomic E-state index is 12.0. The normalized spacial score (nSPS) is 13.5. The zero-order valence-corrected chi connectivity index (χ0v) is 11.7. The lowest BCUT2D eigenvalue weighted by Gasteiger charge is -2.06. The number of hydrogen-bond donors (Lipinski definition) is 0. The average molecular weight is 281 g/mol. The topological polar surface area (TPSA) is 48.4 Å². The summed E-state index contributed by atoms with van der Waals surface area (Å²) >= 11 is 0. The smallest absolute Gasteiger partial charge is 0.338 e. The van der Waals surface area contributed by atoms with Gasteiger partial charge < -0.3 is 9.47 Å². The highest BCUT2D eigenvalue weighted by atomic mass is 16.5. The van der Waals surface area contributed by atoms with E-state index >= 15 is 0 Å². The van der Waals surface area contributed by atoms with Gasteiger partial charge in [-0.25, -0.2) is 4.79 Å². The summed E-state index contributed by atoms with van der Waals surface area (Å²) in [4.78, 5) is 16.0. The van der Waals surface area contributed by atoms with Crippen LogP contribution in [0.15, 0.2) is 42.7 Å². The monoisotopic (exact) mass is 281 g/mol. The molecule has 0 fully saturated rings. The number of benzene rings is 1. The molecule has 2 heterocycles. The Morgan fingerprint density at radius 1 is 1.29 bits per heavy atom. The molecule has 3 rings (SSSR count). The van der Waals surface area contributed by atoms with Crippen LogP contribution in [0.5, 0.6) is 5.75 Å². The van der Waals surface area contributed by atoms with Crippen LogP contribution in [0.1, 0.15) is 16.7 Å². The minimum atomic E-state index is -0.363. The number of carbonyl (C=O) groups excluding carboxylic acids is 1. The van der Waals surface area contributed by atoms with Gasteiger partial charge in [-0.1, -0.05) is 6.07 Å².